The van der Waals surface area contributed by atoms with Crippen molar-refractivity contribution < 1.29 is 17.9 Å². The minimum atomic E-state index is -3.85. The summed E-state index contributed by atoms with van der Waals surface area (Å²) in [6.07, 6.45) is 6.93. The fourth-order valence-corrected chi connectivity index (χ4v) is 5.11. The number of aromatic nitrogens is 1. The van der Waals surface area contributed by atoms with Crippen LogP contribution in [0.15, 0.2) is 28.0 Å². The first kappa shape index (κ1) is 20.0. The van der Waals surface area contributed by atoms with Crippen molar-refractivity contribution in [2.24, 2.45) is 0 Å². The van der Waals surface area contributed by atoms with Crippen LogP contribution in [0.2, 0.25) is 0 Å². The van der Waals surface area contributed by atoms with Gasteiger partial charge in [-0.3, -0.25) is 9.59 Å². The monoisotopic (exact) mass is 397 g/mol. The number of rotatable bonds is 6. The van der Waals surface area contributed by atoms with Crippen LogP contribution in [0.25, 0.3) is 0 Å². The number of sulfonamides is 1. The van der Waals surface area contributed by atoms with Gasteiger partial charge in [-0.2, -0.15) is 4.31 Å². The molecule has 0 bridgehead atoms. The summed E-state index contributed by atoms with van der Waals surface area (Å²) in [5, 5.41) is 2.75. The van der Waals surface area contributed by atoms with Gasteiger partial charge in [0.1, 0.15) is 11.4 Å². The van der Waals surface area contributed by atoms with Gasteiger partial charge in [0.25, 0.3) is 5.56 Å². The first-order chi connectivity index (χ1) is 13.0. The number of hydrogen-bond donors (Lipinski definition) is 1. The number of pyridine rings is 1. The normalized spacial score (nSPS) is 21.7. The van der Waals surface area contributed by atoms with Crippen LogP contribution in [0.1, 0.15) is 38.5 Å². The first-order valence-electron chi connectivity index (χ1n) is 9.56. The number of amides is 1. The zero-order chi connectivity index (χ0) is 19.3. The summed E-state index contributed by atoms with van der Waals surface area (Å²) < 4.78 is 33.8. The molecule has 0 radical (unpaired) electrons. The van der Waals surface area contributed by atoms with Gasteiger partial charge in [0.05, 0.1) is 6.10 Å². The SMILES string of the molecule is O=C(Cn1cccc(S(=O)(=O)N2CCCCCC2)c1=O)NC[C@@H]1CCCO1. The molecular weight excluding hydrogens is 370 g/mol. The van der Waals surface area contributed by atoms with E-state index < -0.39 is 15.6 Å². The van der Waals surface area contributed by atoms with E-state index in [0.717, 1.165) is 43.1 Å². The molecule has 8 nitrogen and oxygen atoms in total. The van der Waals surface area contributed by atoms with Crippen molar-refractivity contribution in [3.05, 3.63) is 28.7 Å². The Morgan fingerprint density at radius 3 is 2.59 bits per heavy atom. The molecule has 150 valence electrons. The summed E-state index contributed by atoms with van der Waals surface area (Å²) >= 11 is 0. The highest BCUT2D eigenvalue weighted by Crippen LogP contribution is 2.18. The van der Waals surface area contributed by atoms with Crippen LogP contribution in [0, 0.1) is 0 Å². The molecule has 1 amide bonds. The maximum absolute atomic E-state index is 12.9. The Morgan fingerprint density at radius 2 is 1.93 bits per heavy atom. The lowest BCUT2D eigenvalue weighted by Gasteiger charge is -2.20. The maximum atomic E-state index is 12.9. The van der Waals surface area contributed by atoms with Gasteiger partial charge in [0.2, 0.25) is 15.9 Å². The minimum absolute atomic E-state index is 0.0143. The van der Waals surface area contributed by atoms with Crippen molar-refractivity contribution in [2.45, 2.75) is 56.1 Å². The third kappa shape index (κ3) is 4.97. The second-order valence-electron chi connectivity index (χ2n) is 7.06. The summed E-state index contributed by atoms with van der Waals surface area (Å²) in [6, 6.07) is 2.82. The van der Waals surface area contributed by atoms with Crippen LogP contribution in [0.5, 0.6) is 0 Å². The lowest BCUT2D eigenvalue weighted by Crippen LogP contribution is -2.39. The Hall–Kier alpha value is -1.71. The second kappa shape index (κ2) is 8.99. The zero-order valence-corrected chi connectivity index (χ0v) is 16.2. The van der Waals surface area contributed by atoms with Crippen molar-refractivity contribution in [3.8, 4) is 0 Å². The van der Waals surface area contributed by atoms with Crippen LogP contribution in [0.3, 0.4) is 0 Å². The molecule has 2 aliphatic rings. The minimum Gasteiger partial charge on any atom is -0.376 e. The van der Waals surface area contributed by atoms with Gasteiger partial charge in [-0.25, -0.2) is 8.42 Å². The Morgan fingerprint density at radius 1 is 1.19 bits per heavy atom. The molecule has 3 rings (SSSR count). The van der Waals surface area contributed by atoms with E-state index in [-0.39, 0.29) is 23.5 Å². The maximum Gasteiger partial charge on any atom is 0.271 e. The quantitative estimate of drug-likeness (QED) is 0.762. The number of carbonyl (C=O) groups is 1. The van der Waals surface area contributed by atoms with Gasteiger partial charge >= 0.3 is 0 Å². The average molecular weight is 397 g/mol. The van der Waals surface area contributed by atoms with Crippen molar-refractivity contribution in [1.29, 1.82) is 0 Å². The summed E-state index contributed by atoms with van der Waals surface area (Å²) in [7, 11) is -3.85. The Bertz CT molecular complexity index is 807. The molecule has 1 aromatic heterocycles. The largest absolute Gasteiger partial charge is 0.376 e. The molecule has 27 heavy (non-hydrogen) atoms. The van der Waals surface area contributed by atoms with E-state index in [4.69, 9.17) is 4.74 Å². The van der Waals surface area contributed by atoms with Crippen molar-refractivity contribution in [3.63, 3.8) is 0 Å². The Labute approximate surface area is 159 Å². The number of nitrogens with zero attached hydrogens (tertiary/aromatic N) is 2. The molecule has 0 aliphatic carbocycles. The van der Waals surface area contributed by atoms with E-state index in [2.05, 4.69) is 5.32 Å². The van der Waals surface area contributed by atoms with E-state index in [1.54, 1.807) is 0 Å². The summed E-state index contributed by atoms with van der Waals surface area (Å²) in [5.74, 6) is -0.336. The van der Waals surface area contributed by atoms with Gasteiger partial charge in [-0.1, -0.05) is 12.8 Å². The molecule has 1 N–H and O–H groups in total. The summed E-state index contributed by atoms with van der Waals surface area (Å²) in [5.41, 5.74) is -0.658. The topological polar surface area (TPSA) is 97.7 Å². The van der Waals surface area contributed by atoms with E-state index in [1.165, 1.54) is 22.6 Å². The van der Waals surface area contributed by atoms with Crippen LogP contribution in [0.4, 0.5) is 0 Å². The highest BCUT2D eigenvalue weighted by molar-refractivity contribution is 7.89. The van der Waals surface area contributed by atoms with Gasteiger partial charge in [0.15, 0.2) is 0 Å². The molecule has 2 saturated heterocycles. The third-order valence-corrected chi connectivity index (χ3v) is 6.94. The molecule has 1 atom stereocenters. The number of carbonyl (C=O) groups excluding carboxylic acids is 1. The van der Waals surface area contributed by atoms with Crippen LogP contribution < -0.4 is 10.9 Å². The van der Waals surface area contributed by atoms with Crippen LogP contribution in [-0.2, 0) is 26.1 Å². The lowest BCUT2D eigenvalue weighted by molar-refractivity contribution is -0.122. The molecule has 2 aliphatic heterocycles. The van der Waals surface area contributed by atoms with Gasteiger partial charge in [-0.05, 0) is 37.8 Å². The molecule has 0 saturated carbocycles. The highest BCUT2D eigenvalue weighted by Gasteiger charge is 2.28. The van der Waals surface area contributed by atoms with E-state index >= 15 is 0 Å². The van der Waals surface area contributed by atoms with Crippen molar-refractivity contribution >= 4 is 15.9 Å². The van der Waals surface area contributed by atoms with Crippen molar-refractivity contribution in [1.82, 2.24) is 14.2 Å². The zero-order valence-electron chi connectivity index (χ0n) is 15.4. The molecule has 2 fully saturated rings. The van der Waals surface area contributed by atoms with Crippen molar-refractivity contribution in [2.75, 3.05) is 26.2 Å². The number of ether oxygens (including phenoxy) is 1. The van der Waals surface area contributed by atoms with E-state index in [9.17, 15) is 18.0 Å². The predicted molar refractivity (Wildman–Crippen MR) is 99.9 cm³/mol. The van der Waals surface area contributed by atoms with E-state index in [1.807, 2.05) is 0 Å². The Balaban J connectivity index is 1.71. The van der Waals surface area contributed by atoms with Gasteiger partial charge in [-0.15, -0.1) is 0 Å². The van der Waals surface area contributed by atoms with E-state index in [0.29, 0.717) is 26.2 Å². The van der Waals surface area contributed by atoms with Crippen LogP contribution >= 0.6 is 0 Å². The van der Waals surface area contributed by atoms with Gasteiger partial charge < -0.3 is 14.6 Å². The highest BCUT2D eigenvalue weighted by atomic mass is 32.2. The summed E-state index contributed by atoms with van der Waals surface area (Å²) in [6.45, 7) is 1.75. The number of nitrogens with one attached hydrogen (secondary N) is 1. The molecule has 0 spiro atoms. The Kier molecular flexibility index (Phi) is 6.67. The smallest absolute Gasteiger partial charge is 0.271 e. The predicted octanol–water partition coefficient (Wildman–Crippen LogP) is 0.708. The third-order valence-electron chi connectivity index (χ3n) is 5.03. The molecule has 1 aromatic rings. The molecule has 9 heteroatoms. The fourth-order valence-electron chi connectivity index (χ4n) is 3.50. The summed E-state index contributed by atoms with van der Waals surface area (Å²) in [4.78, 5) is 24.6. The van der Waals surface area contributed by atoms with Crippen LogP contribution in [-0.4, -0.2) is 55.5 Å². The molecular formula is C18H27N3O5S. The standard InChI is InChI=1S/C18H27N3O5S/c22-17(19-13-15-7-6-12-26-15)14-20-9-5-8-16(18(20)23)27(24,25)21-10-3-1-2-4-11-21/h5,8-9,15H,1-4,6-7,10-14H2,(H,19,22)/t15-/m0/s1. The average Bonchev–Trinajstić information content (AvgIpc) is 3.01. The fraction of sp³-hybridized carbons (Fsp3) is 0.667. The first-order valence-corrected chi connectivity index (χ1v) is 11.0. The molecule has 0 aromatic carbocycles. The second-order valence-corrected chi connectivity index (χ2v) is 8.97. The molecule has 0 unspecified atom stereocenters. The lowest BCUT2D eigenvalue weighted by atomic mass is 10.2. The van der Waals surface area contributed by atoms with Gasteiger partial charge in [0, 0.05) is 32.4 Å². The number of hydrogen-bond acceptors (Lipinski definition) is 5. The molecule has 3 heterocycles.